The zero-order valence-electron chi connectivity index (χ0n) is 13.1. The smallest absolute Gasteiger partial charge is 0.408 e. The highest BCUT2D eigenvalue weighted by molar-refractivity contribution is 5.96. The molecule has 0 aliphatic rings. The fraction of sp³-hybridized carbons (Fsp3) is 0.400. The quantitative estimate of drug-likeness (QED) is 0.735. The Hall–Kier alpha value is -2.57. The average molecular weight is 307 g/mol. The van der Waals surface area contributed by atoms with E-state index in [0.717, 1.165) is 0 Å². The fourth-order valence-electron chi connectivity index (χ4n) is 1.44. The fourth-order valence-corrected chi connectivity index (χ4v) is 1.44. The maximum absolute atomic E-state index is 11.8. The largest absolute Gasteiger partial charge is 0.444 e. The summed E-state index contributed by atoms with van der Waals surface area (Å²) in [5, 5.41) is 2.38. The first-order chi connectivity index (χ1) is 10.2. The summed E-state index contributed by atoms with van der Waals surface area (Å²) in [7, 11) is 0. The molecule has 0 radical (unpaired) electrons. The van der Waals surface area contributed by atoms with Gasteiger partial charge in [-0.05, 0) is 39.8 Å². The number of rotatable bonds is 3. The van der Waals surface area contributed by atoms with Crippen molar-refractivity contribution in [3.05, 3.63) is 35.9 Å². The minimum atomic E-state index is -0.856. The molecule has 1 unspecified atom stereocenters. The topological polar surface area (TPSA) is 96.5 Å². The zero-order chi connectivity index (χ0) is 16.8. The van der Waals surface area contributed by atoms with Crippen molar-refractivity contribution in [2.75, 3.05) is 0 Å². The van der Waals surface area contributed by atoms with E-state index in [0.29, 0.717) is 5.56 Å². The van der Waals surface area contributed by atoms with E-state index in [4.69, 9.17) is 4.74 Å². The third-order valence-electron chi connectivity index (χ3n) is 2.46. The summed E-state index contributed by atoms with van der Waals surface area (Å²) in [6, 6.07) is 7.58. The van der Waals surface area contributed by atoms with Crippen LogP contribution in [0.2, 0.25) is 0 Å². The van der Waals surface area contributed by atoms with Crippen molar-refractivity contribution < 1.29 is 19.1 Å². The Kier molecular flexibility index (Phi) is 5.91. The van der Waals surface area contributed by atoms with Gasteiger partial charge in [0.2, 0.25) is 0 Å². The summed E-state index contributed by atoms with van der Waals surface area (Å²) >= 11 is 0. The number of benzene rings is 1. The maximum Gasteiger partial charge on any atom is 0.408 e. The lowest BCUT2D eigenvalue weighted by Gasteiger charge is -2.21. The molecule has 0 heterocycles. The van der Waals surface area contributed by atoms with E-state index in [-0.39, 0.29) is 0 Å². The van der Waals surface area contributed by atoms with Crippen molar-refractivity contribution in [1.82, 2.24) is 16.2 Å². The zero-order valence-corrected chi connectivity index (χ0v) is 13.1. The van der Waals surface area contributed by atoms with Crippen molar-refractivity contribution in [2.45, 2.75) is 39.3 Å². The average Bonchev–Trinajstić information content (AvgIpc) is 2.43. The van der Waals surface area contributed by atoms with Crippen LogP contribution in [0, 0.1) is 0 Å². The number of ether oxygens (including phenoxy) is 1. The van der Waals surface area contributed by atoms with Crippen LogP contribution >= 0.6 is 0 Å². The van der Waals surface area contributed by atoms with Gasteiger partial charge in [-0.25, -0.2) is 4.79 Å². The van der Waals surface area contributed by atoms with Crippen molar-refractivity contribution in [1.29, 1.82) is 0 Å². The summed E-state index contributed by atoms with van der Waals surface area (Å²) < 4.78 is 5.04. The van der Waals surface area contributed by atoms with Crippen LogP contribution in [0.3, 0.4) is 0 Å². The molecule has 1 atom stereocenters. The number of carbonyl (C=O) groups excluding carboxylic acids is 3. The number of nitrogens with one attached hydrogen (secondary N) is 3. The highest BCUT2D eigenvalue weighted by Gasteiger charge is 2.21. The molecule has 0 aliphatic carbocycles. The van der Waals surface area contributed by atoms with Gasteiger partial charge >= 0.3 is 6.09 Å². The first-order valence-corrected chi connectivity index (χ1v) is 6.84. The van der Waals surface area contributed by atoms with E-state index in [1.807, 2.05) is 0 Å². The van der Waals surface area contributed by atoms with Crippen LogP contribution in [-0.4, -0.2) is 29.6 Å². The van der Waals surface area contributed by atoms with E-state index >= 15 is 0 Å². The molecule has 0 spiro atoms. The molecule has 120 valence electrons. The van der Waals surface area contributed by atoms with Gasteiger partial charge in [0.25, 0.3) is 11.8 Å². The van der Waals surface area contributed by atoms with E-state index in [9.17, 15) is 14.4 Å². The molecule has 0 saturated carbocycles. The summed E-state index contributed by atoms with van der Waals surface area (Å²) in [5.41, 5.74) is 4.27. The number of hydrazine groups is 1. The minimum absolute atomic E-state index is 0.413. The number of alkyl carbamates (subject to hydrolysis) is 1. The Bertz CT molecular complexity index is 537. The Labute approximate surface area is 129 Å². The predicted octanol–water partition coefficient (Wildman–Crippen LogP) is 1.36. The lowest BCUT2D eigenvalue weighted by atomic mass is 10.2. The van der Waals surface area contributed by atoms with Crippen molar-refractivity contribution in [2.24, 2.45) is 0 Å². The molecule has 1 aromatic rings. The first kappa shape index (κ1) is 17.5. The Balaban J connectivity index is 2.42. The number of hydrogen-bond acceptors (Lipinski definition) is 4. The summed E-state index contributed by atoms with van der Waals surface area (Å²) in [4.78, 5) is 35.1. The second-order valence-corrected chi connectivity index (χ2v) is 5.68. The van der Waals surface area contributed by atoms with Gasteiger partial charge in [-0.1, -0.05) is 18.2 Å². The molecule has 1 aromatic carbocycles. The summed E-state index contributed by atoms with van der Waals surface area (Å²) in [6.45, 7) is 6.64. The monoisotopic (exact) mass is 307 g/mol. The van der Waals surface area contributed by atoms with Crippen molar-refractivity contribution in [3.63, 3.8) is 0 Å². The van der Waals surface area contributed by atoms with Gasteiger partial charge in [-0.3, -0.25) is 20.4 Å². The van der Waals surface area contributed by atoms with Gasteiger partial charge in [-0.15, -0.1) is 0 Å². The van der Waals surface area contributed by atoms with E-state index in [1.54, 1.807) is 51.1 Å². The standard InChI is InChI=1S/C15H21N3O4/c1-10(16-14(21)22-15(2,3)4)12(19)17-18-13(20)11-8-6-5-7-9-11/h5-10H,1-4H3,(H,16,21)(H,17,19)(H,18,20). The lowest BCUT2D eigenvalue weighted by Crippen LogP contribution is -2.51. The molecular formula is C15H21N3O4. The Morgan fingerprint density at radius 3 is 2.18 bits per heavy atom. The highest BCUT2D eigenvalue weighted by atomic mass is 16.6. The number of amides is 3. The molecular weight excluding hydrogens is 286 g/mol. The molecule has 0 saturated heterocycles. The van der Waals surface area contributed by atoms with Gasteiger partial charge in [0, 0.05) is 5.56 Å². The molecule has 0 bridgehead atoms. The van der Waals surface area contributed by atoms with Crippen molar-refractivity contribution in [3.8, 4) is 0 Å². The van der Waals surface area contributed by atoms with Crippen LogP contribution in [0.15, 0.2) is 30.3 Å². The third kappa shape index (κ3) is 6.25. The molecule has 3 amide bonds. The second-order valence-electron chi connectivity index (χ2n) is 5.68. The summed E-state index contributed by atoms with van der Waals surface area (Å²) in [6.07, 6.45) is -0.704. The summed E-state index contributed by atoms with van der Waals surface area (Å²) in [5.74, 6) is -1.01. The van der Waals surface area contributed by atoms with Crippen LogP contribution in [0.5, 0.6) is 0 Å². The Morgan fingerprint density at radius 1 is 1.05 bits per heavy atom. The molecule has 7 heteroatoms. The molecule has 22 heavy (non-hydrogen) atoms. The van der Waals surface area contributed by atoms with E-state index in [1.165, 1.54) is 6.92 Å². The predicted molar refractivity (Wildman–Crippen MR) is 80.9 cm³/mol. The maximum atomic E-state index is 11.8. The molecule has 7 nitrogen and oxygen atoms in total. The van der Waals surface area contributed by atoms with Crippen LogP contribution in [0.25, 0.3) is 0 Å². The van der Waals surface area contributed by atoms with Gasteiger partial charge in [0.05, 0.1) is 0 Å². The van der Waals surface area contributed by atoms with Gasteiger partial charge in [-0.2, -0.15) is 0 Å². The van der Waals surface area contributed by atoms with Gasteiger partial charge in [0.1, 0.15) is 11.6 Å². The number of carbonyl (C=O) groups is 3. The van der Waals surface area contributed by atoms with Gasteiger partial charge < -0.3 is 10.1 Å². The van der Waals surface area contributed by atoms with E-state index in [2.05, 4.69) is 16.2 Å². The first-order valence-electron chi connectivity index (χ1n) is 6.84. The normalized spacial score (nSPS) is 12.0. The molecule has 0 aliphatic heterocycles. The van der Waals surface area contributed by atoms with Crippen LogP contribution in [-0.2, 0) is 9.53 Å². The molecule has 0 aromatic heterocycles. The SMILES string of the molecule is CC(NC(=O)OC(C)(C)C)C(=O)NNC(=O)c1ccccc1. The molecule has 0 fully saturated rings. The Morgan fingerprint density at radius 2 is 1.64 bits per heavy atom. The molecule has 1 rings (SSSR count). The van der Waals surface area contributed by atoms with Crippen LogP contribution in [0.1, 0.15) is 38.1 Å². The van der Waals surface area contributed by atoms with E-state index < -0.39 is 29.6 Å². The van der Waals surface area contributed by atoms with Crippen LogP contribution in [0.4, 0.5) is 4.79 Å². The second kappa shape index (κ2) is 7.44. The van der Waals surface area contributed by atoms with Gasteiger partial charge in [0.15, 0.2) is 0 Å². The minimum Gasteiger partial charge on any atom is -0.444 e. The van der Waals surface area contributed by atoms with Crippen molar-refractivity contribution >= 4 is 17.9 Å². The third-order valence-corrected chi connectivity index (χ3v) is 2.46. The molecule has 3 N–H and O–H groups in total. The number of hydrogen-bond donors (Lipinski definition) is 3. The lowest BCUT2D eigenvalue weighted by molar-refractivity contribution is -0.123. The highest BCUT2D eigenvalue weighted by Crippen LogP contribution is 2.06. The van der Waals surface area contributed by atoms with Crippen LogP contribution < -0.4 is 16.2 Å².